The van der Waals surface area contributed by atoms with E-state index < -0.39 is 12.0 Å². The van der Waals surface area contributed by atoms with Gasteiger partial charge in [-0.15, -0.1) is 0 Å². The minimum atomic E-state index is -0.730. The number of fused-ring (bicyclic) bond motifs is 4. The molecule has 1 N–H and O–H groups in total. The maximum Gasteiger partial charge on any atom is 0.326 e. The minimum Gasteiger partial charge on any atom is -0.480 e. The van der Waals surface area contributed by atoms with Crippen molar-refractivity contribution in [3.05, 3.63) is 35.5 Å². The van der Waals surface area contributed by atoms with Crippen LogP contribution in [0.3, 0.4) is 0 Å². The molecule has 0 saturated carbocycles. The van der Waals surface area contributed by atoms with Gasteiger partial charge < -0.3 is 10.0 Å². The van der Waals surface area contributed by atoms with Gasteiger partial charge in [0, 0.05) is 29.8 Å². The summed E-state index contributed by atoms with van der Waals surface area (Å²) in [6, 6.07) is 7.73. The van der Waals surface area contributed by atoms with Crippen molar-refractivity contribution >= 4 is 22.9 Å². The van der Waals surface area contributed by atoms with Crippen molar-refractivity contribution in [2.45, 2.75) is 38.6 Å². The third-order valence-electron chi connectivity index (χ3n) is 5.16. The molecule has 2 unspecified atom stereocenters. The van der Waals surface area contributed by atoms with Crippen LogP contribution in [-0.4, -0.2) is 34.3 Å². The summed E-state index contributed by atoms with van der Waals surface area (Å²) in [6.45, 7) is 3.05. The first-order valence-electron chi connectivity index (χ1n) is 8.11. The molecule has 0 aromatic heterocycles. The zero-order valence-electron chi connectivity index (χ0n) is 12.7. The molecule has 0 bridgehead atoms. The number of para-hydroxylation sites is 1. The quantitative estimate of drug-likeness (QED) is 0.909. The van der Waals surface area contributed by atoms with E-state index in [4.69, 9.17) is 4.99 Å². The normalized spacial score (nSPS) is 26.2. The summed E-state index contributed by atoms with van der Waals surface area (Å²) in [7, 11) is 0. The largest absolute Gasteiger partial charge is 0.480 e. The first-order valence-corrected chi connectivity index (χ1v) is 8.11. The molecular formula is C18H20N2O2. The van der Waals surface area contributed by atoms with Crippen molar-refractivity contribution in [2.24, 2.45) is 10.9 Å². The van der Waals surface area contributed by atoms with Crippen LogP contribution in [0.15, 0.2) is 35.0 Å². The van der Waals surface area contributed by atoms with Crippen LogP contribution >= 0.6 is 0 Å². The van der Waals surface area contributed by atoms with Crippen molar-refractivity contribution in [2.75, 3.05) is 6.54 Å². The lowest BCUT2D eigenvalue weighted by Crippen LogP contribution is -2.49. The van der Waals surface area contributed by atoms with Gasteiger partial charge in [-0.1, -0.05) is 25.1 Å². The number of carboxylic acids is 1. The average Bonchev–Trinajstić information content (AvgIpc) is 2.91. The highest BCUT2D eigenvalue weighted by Crippen LogP contribution is 2.47. The lowest BCUT2D eigenvalue weighted by atomic mass is 9.80. The van der Waals surface area contributed by atoms with Crippen LogP contribution in [0.25, 0.3) is 5.57 Å². The monoisotopic (exact) mass is 296 g/mol. The summed E-state index contributed by atoms with van der Waals surface area (Å²) in [5, 5.41) is 9.65. The van der Waals surface area contributed by atoms with E-state index in [2.05, 4.69) is 17.9 Å². The Morgan fingerprint density at radius 3 is 3.00 bits per heavy atom. The van der Waals surface area contributed by atoms with E-state index in [0.717, 1.165) is 37.2 Å². The number of piperidine rings is 1. The molecule has 0 aliphatic carbocycles. The van der Waals surface area contributed by atoms with Crippen molar-refractivity contribution in [1.29, 1.82) is 0 Å². The van der Waals surface area contributed by atoms with E-state index in [-0.39, 0.29) is 0 Å². The van der Waals surface area contributed by atoms with Crippen molar-refractivity contribution in [3.8, 4) is 0 Å². The molecule has 114 valence electrons. The van der Waals surface area contributed by atoms with Gasteiger partial charge in [-0.2, -0.15) is 0 Å². The number of rotatable bonds is 2. The topological polar surface area (TPSA) is 52.9 Å². The highest BCUT2D eigenvalue weighted by molar-refractivity contribution is 6.31. The maximum atomic E-state index is 11.7. The van der Waals surface area contributed by atoms with Crippen LogP contribution in [-0.2, 0) is 4.79 Å². The summed E-state index contributed by atoms with van der Waals surface area (Å²) in [5.74, 6) is -0.283. The van der Waals surface area contributed by atoms with E-state index in [9.17, 15) is 9.90 Å². The molecule has 1 fully saturated rings. The fourth-order valence-electron chi connectivity index (χ4n) is 4.16. The molecule has 4 rings (SSSR count). The van der Waals surface area contributed by atoms with Crippen molar-refractivity contribution in [3.63, 3.8) is 0 Å². The van der Waals surface area contributed by atoms with E-state index >= 15 is 0 Å². The molecule has 3 aliphatic heterocycles. The highest BCUT2D eigenvalue weighted by Gasteiger charge is 2.42. The molecule has 1 saturated heterocycles. The molecule has 0 radical (unpaired) electrons. The van der Waals surface area contributed by atoms with Crippen molar-refractivity contribution < 1.29 is 9.90 Å². The Morgan fingerprint density at radius 1 is 1.41 bits per heavy atom. The molecule has 1 aromatic carbocycles. The van der Waals surface area contributed by atoms with E-state index in [1.54, 1.807) is 0 Å². The highest BCUT2D eigenvalue weighted by atomic mass is 16.4. The molecule has 3 aliphatic rings. The average molecular weight is 296 g/mol. The van der Waals surface area contributed by atoms with Gasteiger partial charge in [0.25, 0.3) is 0 Å². The SMILES string of the molecule is CCC1CCCN2C1=C1C(=Nc3ccccc31)CC2C(=O)O. The van der Waals surface area contributed by atoms with Gasteiger partial charge in [0.05, 0.1) is 11.4 Å². The van der Waals surface area contributed by atoms with Gasteiger partial charge >= 0.3 is 5.97 Å². The van der Waals surface area contributed by atoms with Gasteiger partial charge in [-0.25, -0.2) is 4.79 Å². The Labute approximate surface area is 130 Å². The Morgan fingerprint density at radius 2 is 2.23 bits per heavy atom. The summed E-state index contributed by atoms with van der Waals surface area (Å²) < 4.78 is 0. The molecule has 2 atom stereocenters. The lowest BCUT2D eigenvalue weighted by Gasteiger charge is -2.44. The van der Waals surface area contributed by atoms with E-state index in [0.29, 0.717) is 12.3 Å². The van der Waals surface area contributed by atoms with Crippen LogP contribution in [0.4, 0.5) is 5.69 Å². The molecular weight excluding hydrogens is 276 g/mol. The molecule has 3 heterocycles. The Hall–Kier alpha value is -2.10. The number of benzene rings is 1. The number of hydrogen-bond acceptors (Lipinski definition) is 3. The fraction of sp³-hybridized carbons (Fsp3) is 0.444. The molecule has 22 heavy (non-hydrogen) atoms. The predicted octanol–water partition coefficient (Wildman–Crippen LogP) is 3.46. The first-order chi connectivity index (χ1) is 10.7. The zero-order valence-corrected chi connectivity index (χ0v) is 12.7. The Balaban J connectivity index is 1.94. The number of nitrogens with zero attached hydrogens (tertiary/aromatic N) is 2. The number of aliphatic carboxylic acids is 1. The third kappa shape index (κ3) is 1.83. The van der Waals surface area contributed by atoms with Crippen LogP contribution in [0.2, 0.25) is 0 Å². The second-order valence-corrected chi connectivity index (χ2v) is 6.33. The molecule has 0 spiro atoms. The van der Waals surface area contributed by atoms with Gasteiger partial charge in [-0.3, -0.25) is 4.99 Å². The maximum absolute atomic E-state index is 11.7. The van der Waals surface area contributed by atoms with Gasteiger partial charge in [0.2, 0.25) is 0 Å². The van der Waals surface area contributed by atoms with Gasteiger partial charge in [0.15, 0.2) is 0 Å². The second kappa shape index (κ2) is 4.97. The summed E-state index contributed by atoms with van der Waals surface area (Å²) >= 11 is 0. The fourth-order valence-corrected chi connectivity index (χ4v) is 4.16. The third-order valence-corrected chi connectivity index (χ3v) is 5.16. The number of carboxylic acid groups (broad SMARTS) is 1. The molecule has 0 amide bonds. The molecule has 1 aromatic rings. The molecule has 4 heteroatoms. The standard InChI is InChI=1S/C18H20N2O2/c1-2-11-6-5-9-20-15(18(21)22)10-14-16(17(11)20)12-7-3-4-8-13(12)19-14/h3-4,7-8,11,15H,2,5-6,9-10H2,1H3,(H,21,22). The second-order valence-electron chi connectivity index (χ2n) is 6.33. The van der Waals surface area contributed by atoms with Crippen LogP contribution < -0.4 is 0 Å². The minimum absolute atomic E-state index is 0.447. The Bertz CT molecular complexity index is 705. The zero-order chi connectivity index (χ0) is 15.3. The lowest BCUT2D eigenvalue weighted by molar-refractivity contribution is -0.142. The van der Waals surface area contributed by atoms with Crippen LogP contribution in [0.5, 0.6) is 0 Å². The Kier molecular flexibility index (Phi) is 3.06. The van der Waals surface area contributed by atoms with E-state index in [1.165, 1.54) is 16.8 Å². The number of carbonyl (C=O) groups is 1. The summed E-state index contributed by atoms with van der Waals surface area (Å²) in [5.41, 5.74) is 5.60. The summed E-state index contributed by atoms with van der Waals surface area (Å²) in [4.78, 5) is 18.6. The van der Waals surface area contributed by atoms with Crippen molar-refractivity contribution in [1.82, 2.24) is 4.90 Å². The number of aliphatic imine (C=N–C) groups is 1. The van der Waals surface area contributed by atoms with Gasteiger partial charge in [-0.05, 0) is 31.2 Å². The number of allylic oxidation sites excluding steroid dienone is 2. The molecule has 4 nitrogen and oxygen atoms in total. The predicted molar refractivity (Wildman–Crippen MR) is 86.2 cm³/mol. The smallest absolute Gasteiger partial charge is 0.326 e. The number of hydrogen-bond donors (Lipinski definition) is 1. The van der Waals surface area contributed by atoms with Gasteiger partial charge in [0.1, 0.15) is 6.04 Å². The summed E-state index contributed by atoms with van der Waals surface area (Å²) in [6.07, 6.45) is 3.79. The first kappa shape index (κ1) is 13.6. The van der Waals surface area contributed by atoms with Crippen LogP contribution in [0.1, 0.15) is 38.2 Å². The van der Waals surface area contributed by atoms with E-state index in [1.807, 2.05) is 18.2 Å². The van der Waals surface area contributed by atoms with Crippen LogP contribution in [0, 0.1) is 5.92 Å².